The van der Waals surface area contributed by atoms with E-state index in [4.69, 9.17) is 0 Å². The van der Waals surface area contributed by atoms with Gasteiger partial charge in [-0.1, -0.05) is 12.1 Å². The van der Waals surface area contributed by atoms with Crippen molar-refractivity contribution in [2.75, 3.05) is 29.9 Å². The van der Waals surface area contributed by atoms with Crippen molar-refractivity contribution in [1.29, 1.82) is 0 Å². The van der Waals surface area contributed by atoms with Crippen LogP contribution in [0, 0.1) is 6.92 Å². The van der Waals surface area contributed by atoms with Crippen molar-refractivity contribution < 1.29 is 27.9 Å². The molecule has 2 aliphatic heterocycles. The number of hydrogen-bond acceptors (Lipinski definition) is 5. The Kier molecular flexibility index (Phi) is 6.41. The van der Waals surface area contributed by atoms with E-state index in [-0.39, 0.29) is 5.75 Å². The number of imide groups is 1. The van der Waals surface area contributed by atoms with Gasteiger partial charge in [-0.3, -0.25) is 14.5 Å². The minimum atomic E-state index is -2.97. The molecule has 2 heterocycles. The summed E-state index contributed by atoms with van der Waals surface area (Å²) in [6.45, 7) is 1.98. The summed E-state index contributed by atoms with van der Waals surface area (Å²) in [6, 6.07) is 10.5. The van der Waals surface area contributed by atoms with Crippen LogP contribution in [0.4, 0.5) is 25.0 Å². The summed E-state index contributed by atoms with van der Waals surface area (Å²) in [7, 11) is 0. The van der Waals surface area contributed by atoms with Crippen LogP contribution < -0.4 is 20.3 Å². The predicted octanol–water partition coefficient (Wildman–Crippen LogP) is 3.60. The molecule has 2 saturated heterocycles. The fraction of sp³-hybridized carbons (Fsp3) is 0.375. The van der Waals surface area contributed by atoms with Crippen molar-refractivity contribution in [1.82, 2.24) is 10.2 Å². The largest absolute Gasteiger partial charge is 0.435 e. The average Bonchev–Trinajstić information content (AvgIpc) is 3.39. The monoisotopic (exact) mass is 472 g/mol. The Morgan fingerprint density at radius 3 is 2.44 bits per heavy atom. The Morgan fingerprint density at radius 2 is 1.82 bits per heavy atom. The van der Waals surface area contributed by atoms with Gasteiger partial charge in [-0.15, -0.1) is 0 Å². The maximum absolute atomic E-state index is 13.1. The van der Waals surface area contributed by atoms with Gasteiger partial charge in [-0.25, -0.2) is 4.79 Å². The maximum atomic E-state index is 13.1. The summed E-state index contributed by atoms with van der Waals surface area (Å²) in [6.07, 6.45) is 2.33. The summed E-state index contributed by atoms with van der Waals surface area (Å²) in [5, 5.41) is 5.36. The molecule has 0 aromatic heterocycles. The molecule has 0 bridgehead atoms. The van der Waals surface area contributed by atoms with E-state index in [0.29, 0.717) is 11.3 Å². The van der Waals surface area contributed by atoms with Crippen molar-refractivity contribution in [3.8, 4) is 5.75 Å². The van der Waals surface area contributed by atoms with Crippen LogP contribution in [0.1, 0.15) is 30.9 Å². The number of nitrogens with one attached hydrogen (secondary N) is 2. The number of urea groups is 1. The van der Waals surface area contributed by atoms with Gasteiger partial charge in [0.05, 0.1) is 0 Å². The quantitative estimate of drug-likeness (QED) is 0.601. The molecule has 0 aliphatic carbocycles. The molecule has 4 amide bonds. The number of benzene rings is 2. The molecule has 2 N–H and O–H groups in total. The number of anilines is 2. The second kappa shape index (κ2) is 9.28. The highest BCUT2D eigenvalue weighted by molar-refractivity contribution is 6.10. The van der Waals surface area contributed by atoms with E-state index in [0.717, 1.165) is 42.1 Å². The number of ether oxygens (including phenoxy) is 1. The highest BCUT2D eigenvalue weighted by atomic mass is 19.3. The average molecular weight is 472 g/mol. The fourth-order valence-electron chi connectivity index (χ4n) is 4.30. The minimum Gasteiger partial charge on any atom is -0.435 e. The highest BCUT2D eigenvalue weighted by Gasteiger charge is 2.49. The van der Waals surface area contributed by atoms with Gasteiger partial charge in [0.15, 0.2) is 0 Å². The lowest BCUT2D eigenvalue weighted by molar-refractivity contribution is -0.133. The maximum Gasteiger partial charge on any atom is 0.387 e. The second-order valence-electron chi connectivity index (χ2n) is 8.59. The van der Waals surface area contributed by atoms with Crippen LogP contribution in [-0.4, -0.2) is 49.0 Å². The molecule has 1 unspecified atom stereocenters. The van der Waals surface area contributed by atoms with Gasteiger partial charge in [0, 0.05) is 24.5 Å². The molecular weight excluding hydrogens is 446 g/mol. The Labute approximate surface area is 195 Å². The molecule has 8 nitrogen and oxygen atoms in total. The third-order valence-electron chi connectivity index (χ3n) is 6.19. The molecule has 0 spiro atoms. The Bertz CT molecular complexity index is 1100. The number of carbonyl (C=O) groups is 3. The Morgan fingerprint density at radius 1 is 1.15 bits per heavy atom. The molecular formula is C24H26F2N4O4. The van der Waals surface area contributed by atoms with Crippen LogP contribution >= 0.6 is 0 Å². The van der Waals surface area contributed by atoms with Crippen molar-refractivity contribution >= 4 is 29.2 Å². The number of aryl methyl sites for hydroxylation is 1. The van der Waals surface area contributed by atoms with Crippen LogP contribution in [-0.2, 0) is 15.1 Å². The molecule has 180 valence electrons. The number of amides is 4. The van der Waals surface area contributed by atoms with E-state index in [1.807, 2.05) is 25.1 Å². The standard InChI is InChI=1S/C24H26F2N4O4/c1-15-13-17(29-11-3-4-12-29)7-10-19(15)27-20(31)14-30-21(32)24(2,28-23(30)33)16-5-8-18(9-6-16)34-22(25)26/h5-10,13,22H,3-4,11-12,14H2,1-2H3,(H,27,31)(H,28,33). The van der Waals surface area contributed by atoms with Crippen LogP contribution in [0.3, 0.4) is 0 Å². The summed E-state index contributed by atoms with van der Waals surface area (Å²) in [4.78, 5) is 41.4. The van der Waals surface area contributed by atoms with Crippen LogP contribution in [0.2, 0.25) is 0 Å². The second-order valence-corrected chi connectivity index (χ2v) is 8.59. The molecule has 4 rings (SSSR count). The molecule has 2 fully saturated rings. The van der Waals surface area contributed by atoms with Gasteiger partial charge in [0.1, 0.15) is 17.8 Å². The topological polar surface area (TPSA) is 91.0 Å². The highest BCUT2D eigenvalue weighted by Crippen LogP contribution is 2.31. The molecule has 2 aromatic rings. The first kappa shape index (κ1) is 23.5. The summed E-state index contributed by atoms with van der Waals surface area (Å²) in [5.74, 6) is -1.19. The molecule has 2 aliphatic rings. The predicted molar refractivity (Wildman–Crippen MR) is 122 cm³/mol. The summed E-state index contributed by atoms with van der Waals surface area (Å²) in [5.41, 5.74) is 1.53. The number of carbonyl (C=O) groups excluding carboxylic acids is 3. The van der Waals surface area contributed by atoms with Crippen molar-refractivity contribution in [3.05, 3.63) is 53.6 Å². The Balaban J connectivity index is 1.42. The summed E-state index contributed by atoms with van der Waals surface area (Å²) >= 11 is 0. The van der Waals surface area contributed by atoms with E-state index in [1.165, 1.54) is 31.2 Å². The zero-order valence-corrected chi connectivity index (χ0v) is 18.9. The lowest BCUT2D eigenvalue weighted by Crippen LogP contribution is -2.42. The van der Waals surface area contributed by atoms with Crippen LogP contribution in [0.5, 0.6) is 5.75 Å². The molecule has 0 radical (unpaired) electrons. The molecule has 34 heavy (non-hydrogen) atoms. The van der Waals surface area contributed by atoms with E-state index >= 15 is 0 Å². The first-order valence-corrected chi connectivity index (χ1v) is 11.0. The number of nitrogens with zero attached hydrogens (tertiary/aromatic N) is 2. The van der Waals surface area contributed by atoms with Crippen molar-refractivity contribution in [3.63, 3.8) is 0 Å². The zero-order valence-electron chi connectivity index (χ0n) is 18.9. The SMILES string of the molecule is Cc1cc(N2CCCC2)ccc1NC(=O)CN1C(=O)NC(C)(c2ccc(OC(F)F)cc2)C1=O. The van der Waals surface area contributed by atoms with E-state index < -0.39 is 36.5 Å². The van der Waals surface area contributed by atoms with E-state index in [1.54, 1.807) is 0 Å². The fourth-order valence-corrected chi connectivity index (χ4v) is 4.30. The molecule has 0 saturated carbocycles. The molecule has 2 aromatic carbocycles. The first-order chi connectivity index (χ1) is 16.2. The van der Waals surface area contributed by atoms with Gasteiger partial charge >= 0.3 is 12.6 Å². The zero-order chi connectivity index (χ0) is 24.5. The molecule has 1 atom stereocenters. The number of alkyl halides is 2. The van der Waals surface area contributed by atoms with Gasteiger partial charge < -0.3 is 20.3 Å². The lowest BCUT2D eigenvalue weighted by Gasteiger charge is -2.22. The van der Waals surface area contributed by atoms with Gasteiger partial charge in [0.2, 0.25) is 5.91 Å². The third-order valence-corrected chi connectivity index (χ3v) is 6.19. The minimum absolute atomic E-state index is 0.0681. The molecule has 10 heteroatoms. The van der Waals surface area contributed by atoms with Gasteiger partial charge in [-0.05, 0) is 68.1 Å². The van der Waals surface area contributed by atoms with Crippen molar-refractivity contribution in [2.24, 2.45) is 0 Å². The number of rotatable bonds is 7. The number of halogens is 2. The van der Waals surface area contributed by atoms with Gasteiger partial charge in [-0.2, -0.15) is 8.78 Å². The van der Waals surface area contributed by atoms with E-state index in [9.17, 15) is 23.2 Å². The normalized spacial score (nSPS) is 20.1. The first-order valence-electron chi connectivity index (χ1n) is 11.0. The summed E-state index contributed by atoms with van der Waals surface area (Å²) < 4.78 is 29.1. The smallest absolute Gasteiger partial charge is 0.387 e. The van der Waals surface area contributed by atoms with Crippen molar-refractivity contribution in [2.45, 2.75) is 38.8 Å². The Hall–Kier alpha value is -3.69. The van der Waals surface area contributed by atoms with E-state index in [2.05, 4.69) is 20.3 Å². The van der Waals surface area contributed by atoms with Crippen LogP contribution in [0.15, 0.2) is 42.5 Å². The van der Waals surface area contributed by atoms with Gasteiger partial charge in [0.25, 0.3) is 5.91 Å². The third kappa shape index (κ3) is 4.66. The van der Waals surface area contributed by atoms with Crippen LogP contribution in [0.25, 0.3) is 0 Å². The lowest BCUT2D eigenvalue weighted by atomic mass is 9.92. The number of hydrogen-bond donors (Lipinski definition) is 2.